The fraction of sp³-hybridized carbons (Fsp3) is 0.0800. The molecule has 0 fully saturated rings. The number of carbonyl (C=O) groups is 1. The van der Waals surface area contributed by atoms with Crippen LogP contribution in [0.5, 0.6) is 11.6 Å². The Kier molecular flexibility index (Phi) is 6.89. The highest BCUT2D eigenvalue weighted by molar-refractivity contribution is 6.31. The fourth-order valence-corrected chi connectivity index (χ4v) is 3.34. The summed E-state index contributed by atoms with van der Waals surface area (Å²) < 4.78 is 25.3. The predicted molar refractivity (Wildman–Crippen MR) is 127 cm³/mol. The Labute approximate surface area is 199 Å². The van der Waals surface area contributed by atoms with Crippen LogP contribution in [0.15, 0.2) is 83.7 Å². The van der Waals surface area contributed by atoms with Crippen LogP contribution in [-0.4, -0.2) is 22.8 Å². The maximum Gasteiger partial charge on any atom is 0.271 e. The third kappa shape index (κ3) is 5.41. The van der Waals surface area contributed by atoms with Gasteiger partial charge in [0.15, 0.2) is 0 Å². The molecule has 0 spiro atoms. The van der Waals surface area contributed by atoms with E-state index in [0.29, 0.717) is 33.3 Å². The van der Waals surface area contributed by atoms with E-state index in [0.717, 1.165) is 4.68 Å². The Balaban J connectivity index is 1.50. The van der Waals surface area contributed by atoms with Gasteiger partial charge in [0.2, 0.25) is 5.88 Å². The van der Waals surface area contributed by atoms with Crippen molar-refractivity contribution in [2.24, 2.45) is 0 Å². The zero-order valence-corrected chi connectivity index (χ0v) is 18.8. The van der Waals surface area contributed by atoms with E-state index in [1.807, 2.05) is 0 Å². The SMILES string of the molecule is COc1ccc(Cl)cc1NC(=O)c1ccc(-n2nc(OCc3cccc(F)c3)ccc2=O)cc1. The second-order valence-corrected chi connectivity index (χ2v) is 7.62. The molecule has 1 heterocycles. The number of halogens is 2. The van der Waals surface area contributed by atoms with Gasteiger partial charge in [-0.15, -0.1) is 5.10 Å². The summed E-state index contributed by atoms with van der Waals surface area (Å²) in [5.74, 6) is -0.0736. The molecule has 3 aromatic carbocycles. The van der Waals surface area contributed by atoms with Gasteiger partial charge in [0.05, 0.1) is 18.5 Å². The van der Waals surface area contributed by atoms with Crippen molar-refractivity contribution in [3.63, 3.8) is 0 Å². The molecule has 9 heteroatoms. The van der Waals surface area contributed by atoms with Crippen LogP contribution in [-0.2, 0) is 6.61 Å². The Morgan fingerprint density at radius 2 is 1.85 bits per heavy atom. The molecule has 1 aromatic heterocycles. The average molecular weight is 480 g/mol. The highest BCUT2D eigenvalue weighted by Gasteiger charge is 2.12. The van der Waals surface area contributed by atoms with Crippen LogP contribution in [0.3, 0.4) is 0 Å². The molecule has 1 amide bonds. The smallest absolute Gasteiger partial charge is 0.271 e. The predicted octanol–water partition coefficient (Wildman–Crippen LogP) is 4.86. The van der Waals surface area contributed by atoms with E-state index in [4.69, 9.17) is 21.1 Å². The van der Waals surface area contributed by atoms with E-state index in [1.54, 1.807) is 54.6 Å². The second-order valence-electron chi connectivity index (χ2n) is 7.19. The first-order valence-corrected chi connectivity index (χ1v) is 10.5. The van der Waals surface area contributed by atoms with Crippen molar-refractivity contribution < 1.29 is 18.7 Å². The Morgan fingerprint density at radius 3 is 2.59 bits per heavy atom. The van der Waals surface area contributed by atoms with Crippen LogP contribution in [0.2, 0.25) is 5.02 Å². The molecule has 0 aliphatic rings. The van der Waals surface area contributed by atoms with Gasteiger partial charge in [-0.3, -0.25) is 9.59 Å². The van der Waals surface area contributed by atoms with E-state index in [9.17, 15) is 14.0 Å². The molecule has 0 bridgehead atoms. The summed E-state index contributed by atoms with van der Waals surface area (Å²) in [5.41, 5.74) is 1.49. The minimum absolute atomic E-state index is 0.0923. The number of methoxy groups -OCH3 is 1. The van der Waals surface area contributed by atoms with Gasteiger partial charge in [0, 0.05) is 22.7 Å². The maximum absolute atomic E-state index is 13.3. The number of ether oxygens (including phenoxy) is 2. The van der Waals surface area contributed by atoms with Crippen LogP contribution >= 0.6 is 11.6 Å². The number of rotatable bonds is 7. The van der Waals surface area contributed by atoms with Crippen molar-refractivity contribution in [1.82, 2.24) is 9.78 Å². The van der Waals surface area contributed by atoms with Gasteiger partial charge in [-0.05, 0) is 60.2 Å². The largest absolute Gasteiger partial charge is 0.495 e. The lowest BCUT2D eigenvalue weighted by Gasteiger charge is -2.11. The Hall–Kier alpha value is -4.17. The number of nitrogens with zero attached hydrogens (tertiary/aromatic N) is 2. The van der Waals surface area contributed by atoms with Crippen LogP contribution in [0, 0.1) is 5.82 Å². The second kappa shape index (κ2) is 10.2. The number of aromatic nitrogens is 2. The quantitative estimate of drug-likeness (QED) is 0.409. The molecule has 0 aliphatic heterocycles. The molecule has 0 aliphatic carbocycles. The molecule has 4 rings (SSSR count). The lowest BCUT2D eigenvalue weighted by molar-refractivity contribution is 0.102. The molecule has 0 saturated heterocycles. The zero-order chi connectivity index (χ0) is 24.1. The number of benzene rings is 3. The summed E-state index contributed by atoms with van der Waals surface area (Å²) in [4.78, 5) is 25.0. The number of carbonyl (C=O) groups excluding carboxylic acids is 1. The fourth-order valence-electron chi connectivity index (χ4n) is 3.17. The molecule has 172 valence electrons. The standard InChI is InChI=1S/C25H19ClFN3O4/c1-33-22-10-7-18(26)14-21(22)28-25(32)17-5-8-20(9-6-17)30-24(31)12-11-23(29-30)34-15-16-3-2-4-19(27)13-16/h2-14H,15H2,1H3,(H,28,32). The zero-order valence-electron chi connectivity index (χ0n) is 18.0. The van der Waals surface area contributed by atoms with E-state index in [-0.39, 0.29) is 29.8 Å². The van der Waals surface area contributed by atoms with Gasteiger partial charge in [0.25, 0.3) is 11.5 Å². The van der Waals surface area contributed by atoms with Crippen molar-refractivity contribution in [2.75, 3.05) is 12.4 Å². The van der Waals surface area contributed by atoms with Gasteiger partial charge in [-0.25, -0.2) is 4.39 Å². The topological polar surface area (TPSA) is 82.4 Å². The summed E-state index contributed by atoms with van der Waals surface area (Å²) in [6.07, 6.45) is 0. The van der Waals surface area contributed by atoms with Crippen LogP contribution in [0.1, 0.15) is 15.9 Å². The van der Waals surface area contributed by atoms with Crippen molar-refractivity contribution in [3.05, 3.63) is 111 Å². The van der Waals surface area contributed by atoms with Gasteiger partial charge >= 0.3 is 0 Å². The third-order valence-corrected chi connectivity index (χ3v) is 5.07. The lowest BCUT2D eigenvalue weighted by Crippen LogP contribution is -2.21. The van der Waals surface area contributed by atoms with Crippen molar-refractivity contribution in [2.45, 2.75) is 6.61 Å². The van der Waals surface area contributed by atoms with Gasteiger partial charge < -0.3 is 14.8 Å². The minimum Gasteiger partial charge on any atom is -0.495 e. The normalized spacial score (nSPS) is 10.6. The summed E-state index contributed by atoms with van der Waals surface area (Å²) in [7, 11) is 1.49. The van der Waals surface area contributed by atoms with E-state index in [2.05, 4.69) is 10.4 Å². The number of amides is 1. The van der Waals surface area contributed by atoms with E-state index >= 15 is 0 Å². The molecule has 0 atom stereocenters. The highest BCUT2D eigenvalue weighted by Crippen LogP contribution is 2.28. The average Bonchev–Trinajstić information content (AvgIpc) is 2.84. The third-order valence-electron chi connectivity index (χ3n) is 4.84. The molecular formula is C25H19ClFN3O4. The molecule has 34 heavy (non-hydrogen) atoms. The van der Waals surface area contributed by atoms with Crippen LogP contribution in [0.4, 0.5) is 10.1 Å². The first kappa shape index (κ1) is 23.0. The Morgan fingerprint density at radius 1 is 1.06 bits per heavy atom. The highest BCUT2D eigenvalue weighted by atomic mass is 35.5. The molecule has 1 N–H and O–H groups in total. The molecule has 0 unspecified atom stereocenters. The first-order valence-electron chi connectivity index (χ1n) is 10.2. The molecule has 4 aromatic rings. The summed E-state index contributed by atoms with van der Waals surface area (Å²) >= 11 is 6.01. The number of nitrogens with one attached hydrogen (secondary N) is 1. The van der Waals surface area contributed by atoms with Gasteiger partial charge in [-0.2, -0.15) is 4.68 Å². The van der Waals surface area contributed by atoms with E-state index < -0.39 is 0 Å². The number of hydrogen-bond acceptors (Lipinski definition) is 5. The first-order chi connectivity index (χ1) is 16.4. The van der Waals surface area contributed by atoms with Gasteiger partial charge in [-0.1, -0.05) is 23.7 Å². The Bertz CT molecular complexity index is 1390. The van der Waals surface area contributed by atoms with E-state index in [1.165, 1.54) is 31.4 Å². The summed E-state index contributed by atoms with van der Waals surface area (Å²) in [6.45, 7) is 0.0923. The lowest BCUT2D eigenvalue weighted by atomic mass is 10.2. The van der Waals surface area contributed by atoms with Crippen molar-refractivity contribution >= 4 is 23.2 Å². The number of hydrogen-bond donors (Lipinski definition) is 1. The van der Waals surface area contributed by atoms with Crippen molar-refractivity contribution in [1.29, 1.82) is 0 Å². The molecule has 7 nitrogen and oxygen atoms in total. The molecule has 0 radical (unpaired) electrons. The summed E-state index contributed by atoms with van der Waals surface area (Å²) in [5, 5.41) is 7.42. The minimum atomic E-state index is -0.376. The molecule has 0 saturated carbocycles. The molecular weight excluding hydrogens is 461 g/mol. The monoisotopic (exact) mass is 479 g/mol. The van der Waals surface area contributed by atoms with Crippen molar-refractivity contribution in [3.8, 4) is 17.3 Å². The van der Waals surface area contributed by atoms with Crippen LogP contribution in [0.25, 0.3) is 5.69 Å². The van der Waals surface area contributed by atoms with Gasteiger partial charge in [0.1, 0.15) is 18.2 Å². The summed E-state index contributed by atoms with van der Waals surface area (Å²) in [6, 6.07) is 20.0. The number of anilines is 1. The van der Waals surface area contributed by atoms with Crippen LogP contribution < -0.4 is 20.3 Å². The maximum atomic E-state index is 13.3.